The molecule has 8 heteroatoms. The molecule has 7 aromatic carbocycles. The first-order valence-electron chi connectivity index (χ1n) is 38.7. The van der Waals surface area contributed by atoms with Gasteiger partial charge in [0, 0.05) is 69.3 Å². The quantitative estimate of drug-likeness (QED) is 0.133. The molecule has 3 atom stereocenters. The maximum absolute atomic E-state index is 5.81. The monoisotopic (exact) mass is 1370 g/mol. The molecule has 27 rings (SSSR count). The average Bonchev–Trinajstić information content (AvgIpc) is 1.49. The molecule has 0 saturated heterocycles. The lowest BCUT2D eigenvalue weighted by molar-refractivity contribution is 0.332. The third-order valence-corrected chi connectivity index (χ3v) is 26.5. The molecule has 15 aromatic rings. The zero-order valence-corrected chi connectivity index (χ0v) is 58.9. The van der Waals surface area contributed by atoms with Crippen LogP contribution < -0.4 is 0 Å². The Kier molecular flexibility index (Phi) is 12.8. The summed E-state index contributed by atoms with van der Waals surface area (Å²) in [5.74, 6) is 2.59. The minimum absolute atomic E-state index is 0.0142. The second-order valence-corrected chi connectivity index (χ2v) is 31.6. The van der Waals surface area contributed by atoms with E-state index in [4.69, 9.17) is 39.9 Å². The molecular weight excluding hydrogens is 1300 g/mol. The Labute approximate surface area is 621 Å². The van der Waals surface area contributed by atoms with Gasteiger partial charge in [0.2, 0.25) is 0 Å². The minimum Gasteiger partial charge on any atom is -0.255 e. The molecule has 8 nitrogen and oxygen atoms in total. The highest BCUT2D eigenvalue weighted by Gasteiger charge is 2.70. The van der Waals surface area contributed by atoms with Crippen molar-refractivity contribution in [3.63, 3.8) is 0 Å². The van der Waals surface area contributed by atoms with E-state index in [2.05, 4.69) is 261 Å². The van der Waals surface area contributed by atoms with Gasteiger partial charge in [-0.1, -0.05) is 194 Å². The SMILES string of the molecule is c1ccc(-c2cc3c(c(-c4cccc(-c5cccc(-c6nc(-c7cccc(-c8ccc(-c9cc%10c(c(-c%11ccc(-c%12nc(-c%13ccccn%13)cc%13c%12C%12c%14ccccc%14C%14c%15ccccc%15C%13%14%12)cc%11)n9)C9c%11ccccc%11C%10c%10ccccc%109)nc8)c7)cc7c6C6CCC7CC6)n5)n4)n2)C2CCC3CC2)cc1. The molecule has 6 bridgehead atoms. The summed E-state index contributed by atoms with van der Waals surface area (Å²) in [5, 5.41) is 0. The number of aromatic nitrogens is 8. The van der Waals surface area contributed by atoms with Crippen LogP contribution in [0.2, 0.25) is 0 Å². The fourth-order valence-corrected chi connectivity index (χ4v) is 21.9. The molecule has 0 radical (unpaired) electrons. The van der Waals surface area contributed by atoms with Gasteiger partial charge in [-0.2, -0.15) is 0 Å². The second-order valence-electron chi connectivity index (χ2n) is 31.6. The van der Waals surface area contributed by atoms with Gasteiger partial charge in [-0.25, -0.2) is 29.9 Å². The van der Waals surface area contributed by atoms with Gasteiger partial charge in [0.15, 0.2) is 0 Å². The average molecular weight is 1370 g/mol. The van der Waals surface area contributed by atoms with E-state index in [0.717, 1.165) is 113 Å². The Bertz CT molecular complexity index is 6220. The van der Waals surface area contributed by atoms with E-state index in [0.29, 0.717) is 29.6 Å². The van der Waals surface area contributed by atoms with Gasteiger partial charge in [0.05, 0.1) is 79.7 Å². The molecular formula is C99H70N8. The molecule has 0 amide bonds. The summed E-state index contributed by atoms with van der Waals surface area (Å²) in [6.07, 6.45) is 13.6. The van der Waals surface area contributed by atoms with Gasteiger partial charge in [-0.05, 0) is 242 Å². The zero-order chi connectivity index (χ0) is 69.7. The van der Waals surface area contributed by atoms with E-state index >= 15 is 0 Å². The van der Waals surface area contributed by atoms with Crippen LogP contribution >= 0.6 is 0 Å². The molecule has 1 spiro atoms. The Morgan fingerprint density at radius 2 is 0.682 bits per heavy atom. The molecule has 12 aliphatic carbocycles. The van der Waals surface area contributed by atoms with E-state index < -0.39 is 0 Å². The fraction of sp³-hybridized carbons (Fsp3) is 0.172. The second kappa shape index (κ2) is 22.9. The number of rotatable bonds is 10. The third-order valence-electron chi connectivity index (χ3n) is 26.5. The van der Waals surface area contributed by atoms with Crippen LogP contribution in [0.25, 0.3) is 113 Å². The van der Waals surface area contributed by atoms with E-state index in [1.54, 1.807) is 0 Å². The van der Waals surface area contributed by atoms with Gasteiger partial charge in [-0.15, -0.1) is 0 Å². The number of nitrogens with zero attached hydrogens (tertiary/aromatic N) is 8. The highest BCUT2D eigenvalue weighted by atomic mass is 14.9. The van der Waals surface area contributed by atoms with Crippen molar-refractivity contribution >= 4 is 0 Å². The standard InChI is InChI=1S/C99H70N8/c1-2-17-57(18-3-1)83-50-72-55-34-38-58(39-35-55)87(72)97(104-83)81-32-15-30-79(102-81)80-31-16-33-82(103-80)98-88-59-40-36-56(37-41-59)73(88)51-84(105-98)63-20-14-19-62(49-63)64-46-47-78(101-54-64)85-52-74-89-65-21-4-6-23-67(65)90(68-24-7-5-22-66(68)89)91(74)95(106-85)60-42-44-61(45-43-60)96-92-76(53-86(107-96)77-29-12-13-48-100-77)99-75-28-11-10-27-71(75)93(99)69-25-8-9-26-70(69)94(92)99/h1-33,42-56,58-59,89-90,93-94H,34-41H2. The van der Waals surface area contributed by atoms with Crippen molar-refractivity contribution in [3.8, 4) is 113 Å². The van der Waals surface area contributed by atoms with E-state index in [1.165, 1.54) is 140 Å². The predicted molar refractivity (Wildman–Crippen MR) is 423 cm³/mol. The Hall–Kier alpha value is -12.3. The number of fused-ring (bicyclic) bond motifs is 11. The molecule has 0 N–H and O–H groups in total. The molecule has 2 fully saturated rings. The summed E-state index contributed by atoms with van der Waals surface area (Å²) < 4.78 is 0. The lowest BCUT2D eigenvalue weighted by Crippen LogP contribution is -2.53. The Morgan fingerprint density at radius 1 is 0.224 bits per heavy atom. The van der Waals surface area contributed by atoms with Crippen LogP contribution in [0.3, 0.4) is 0 Å². The molecule has 3 unspecified atom stereocenters. The van der Waals surface area contributed by atoms with E-state index in [9.17, 15) is 0 Å². The topological polar surface area (TPSA) is 103 Å². The number of hydrogen-bond acceptors (Lipinski definition) is 8. The maximum Gasteiger partial charge on any atom is 0.0931 e. The van der Waals surface area contributed by atoms with Crippen LogP contribution in [0.4, 0.5) is 0 Å². The van der Waals surface area contributed by atoms with Gasteiger partial charge in [0.25, 0.3) is 0 Å². The highest BCUT2D eigenvalue weighted by Crippen LogP contribution is 2.78. The van der Waals surface area contributed by atoms with Crippen LogP contribution in [0.1, 0.15) is 188 Å². The van der Waals surface area contributed by atoms with Crippen molar-refractivity contribution in [2.75, 3.05) is 0 Å². The maximum atomic E-state index is 5.81. The lowest BCUT2D eigenvalue weighted by Gasteiger charge is -2.59. The Balaban J connectivity index is 0.589. The zero-order valence-electron chi connectivity index (χ0n) is 58.9. The first kappa shape index (κ1) is 60.1. The number of benzene rings is 7. The normalized spacial score (nSPS) is 21.8. The number of hydrogen-bond donors (Lipinski definition) is 0. The first-order chi connectivity index (χ1) is 53.0. The largest absolute Gasteiger partial charge is 0.255 e. The predicted octanol–water partition coefficient (Wildman–Crippen LogP) is 22.9. The van der Waals surface area contributed by atoms with Crippen molar-refractivity contribution in [2.24, 2.45) is 0 Å². The van der Waals surface area contributed by atoms with Crippen LogP contribution in [-0.2, 0) is 5.41 Å². The molecule has 506 valence electrons. The number of pyridine rings is 8. The molecule has 107 heavy (non-hydrogen) atoms. The molecule has 8 heterocycles. The van der Waals surface area contributed by atoms with E-state index in [-0.39, 0.29) is 23.2 Å². The van der Waals surface area contributed by atoms with Gasteiger partial charge in [-0.3, -0.25) is 9.97 Å². The Morgan fingerprint density at radius 3 is 1.29 bits per heavy atom. The van der Waals surface area contributed by atoms with Crippen molar-refractivity contribution in [2.45, 2.75) is 104 Å². The van der Waals surface area contributed by atoms with Crippen LogP contribution in [0.15, 0.2) is 279 Å². The summed E-state index contributed by atoms with van der Waals surface area (Å²) >= 11 is 0. The van der Waals surface area contributed by atoms with Crippen LogP contribution in [0.5, 0.6) is 0 Å². The third kappa shape index (κ3) is 8.67. The van der Waals surface area contributed by atoms with Crippen LogP contribution in [0, 0.1) is 0 Å². The first-order valence-corrected chi connectivity index (χ1v) is 38.7. The lowest BCUT2D eigenvalue weighted by atomic mass is 9.42. The van der Waals surface area contributed by atoms with Gasteiger partial charge < -0.3 is 0 Å². The van der Waals surface area contributed by atoms with Crippen molar-refractivity contribution < 1.29 is 0 Å². The molecule has 0 aliphatic heterocycles. The molecule has 12 aliphatic rings. The van der Waals surface area contributed by atoms with Crippen molar-refractivity contribution in [3.05, 3.63) is 368 Å². The molecule has 2 saturated carbocycles. The van der Waals surface area contributed by atoms with Crippen molar-refractivity contribution in [1.29, 1.82) is 0 Å². The molecule has 8 aromatic heterocycles. The van der Waals surface area contributed by atoms with Gasteiger partial charge in [0.1, 0.15) is 0 Å². The van der Waals surface area contributed by atoms with Crippen LogP contribution in [-0.4, -0.2) is 39.9 Å². The fourth-order valence-electron chi connectivity index (χ4n) is 21.9. The van der Waals surface area contributed by atoms with E-state index in [1.807, 2.05) is 18.5 Å². The highest BCUT2D eigenvalue weighted by molar-refractivity contribution is 5.88. The smallest absolute Gasteiger partial charge is 0.0931 e. The summed E-state index contributed by atoms with van der Waals surface area (Å²) in [7, 11) is 0. The summed E-state index contributed by atoms with van der Waals surface area (Å²) in [4.78, 5) is 43.9. The van der Waals surface area contributed by atoms with Crippen molar-refractivity contribution in [1.82, 2.24) is 39.9 Å². The van der Waals surface area contributed by atoms with Gasteiger partial charge >= 0.3 is 0 Å². The summed E-state index contributed by atoms with van der Waals surface area (Å²) in [5.41, 5.74) is 41.6. The summed E-state index contributed by atoms with van der Waals surface area (Å²) in [6, 6.07) is 98.2. The minimum atomic E-state index is -0.135. The summed E-state index contributed by atoms with van der Waals surface area (Å²) in [6.45, 7) is 0.